The molecule has 0 aliphatic heterocycles. The summed E-state index contributed by atoms with van der Waals surface area (Å²) in [6.45, 7) is 0.801. The fourth-order valence-corrected chi connectivity index (χ4v) is 1.91. The average Bonchev–Trinajstić information content (AvgIpc) is 2.40. The van der Waals surface area contributed by atoms with Crippen LogP contribution in [0.4, 0.5) is 4.39 Å². The van der Waals surface area contributed by atoms with Crippen molar-refractivity contribution in [3.63, 3.8) is 0 Å². The van der Waals surface area contributed by atoms with E-state index in [-0.39, 0.29) is 15.6 Å². The summed E-state index contributed by atoms with van der Waals surface area (Å²) in [7, 11) is 0. The van der Waals surface area contributed by atoms with Gasteiger partial charge < -0.3 is 15.5 Å². The maximum atomic E-state index is 13.3. The van der Waals surface area contributed by atoms with Crippen LogP contribution in [0.25, 0.3) is 0 Å². The first-order valence-corrected chi connectivity index (χ1v) is 6.33. The van der Waals surface area contributed by atoms with Crippen molar-refractivity contribution < 1.29 is 19.4 Å². The van der Waals surface area contributed by atoms with Gasteiger partial charge in [0.15, 0.2) is 0 Å². The topological polar surface area (TPSA) is 69.6 Å². The van der Waals surface area contributed by atoms with Crippen molar-refractivity contribution in [3.8, 4) is 0 Å². The first kappa shape index (κ1) is 16.2. The number of rotatable bonds is 5. The standard InChI is InChI=1S/C12H14Cl2FNO3/c1-2-12(5-17,6-18)16-11(19)7-3-10(15)9(14)4-8(7)13/h3-4,17-18H,2,5-6H2,1H3,(H,16,19). The Morgan fingerprint density at radius 2 is 1.89 bits per heavy atom. The minimum atomic E-state index is -1.17. The quantitative estimate of drug-likeness (QED) is 0.729. The van der Waals surface area contributed by atoms with Crippen LogP contribution in [0, 0.1) is 5.82 Å². The molecule has 3 N–H and O–H groups in total. The van der Waals surface area contributed by atoms with Crippen LogP contribution in [0.3, 0.4) is 0 Å². The summed E-state index contributed by atoms with van der Waals surface area (Å²) in [5.74, 6) is -1.46. The van der Waals surface area contributed by atoms with Gasteiger partial charge in [0, 0.05) is 0 Å². The molecule has 1 rings (SSSR count). The van der Waals surface area contributed by atoms with Gasteiger partial charge in [0.05, 0.1) is 34.4 Å². The van der Waals surface area contributed by atoms with Crippen molar-refractivity contribution in [3.05, 3.63) is 33.6 Å². The van der Waals surface area contributed by atoms with Crippen LogP contribution >= 0.6 is 23.2 Å². The highest BCUT2D eigenvalue weighted by Gasteiger charge is 2.29. The zero-order chi connectivity index (χ0) is 14.6. The van der Waals surface area contributed by atoms with E-state index in [1.165, 1.54) is 0 Å². The Kier molecular flexibility index (Phi) is 5.55. The molecule has 0 unspecified atom stereocenters. The molecule has 0 radical (unpaired) electrons. The van der Waals surface area contributed by atoms with E-state index >= 15 is 0 Å². The summed E-state index contributed by atoms with van der Waals surface area (Å²) < 4.78 is 13.3. The Labute approximate surface area is 120 Å². The number of carbonyl (C=O) groups is 1. The molecule has 19 heavy (non-hydrogen) atoms. The van der Waals surface area contributed by atoms with E-state index < -0.39 is 30.5 Å². The van der Waals surface area contributed by atoms with Gasteiger partial charge in [0.2, 0.25) is 0 Å². The zero-order valence-electron chi connectivity index (χ0n) is 10.2. The monoisotopic (exact) mass is 309 g/mol. The Balaban J connectivity index is 3.04. The van der Waals surface area contributed by atoms with E-state index in [0.29, 0.717) is 6.42 Å². The van der Waals surface area contributed by atoms with Gasteiger partial charge in [0.1, 0.15) is 5.82 Å². The van der Waals surface area contributed by atoms with E-state index in [9.17, 15) is 19.4 Å². The number of hydrogen-bond acceptors (Lipinski definition) is 3. The maximum Gasteiger partial charge on any atom is 0.253 e. The third-order valence-electron chi connectivity index (χ3n) is 2.92. The van der Waals surface area contributed by atoms with Gasteiger partial charge in [-0.2, -0.15) is 0 Å². The summed E-state index contributed by atoms with van der Waals surface area (Å²) in [5.41, 5.74) is -1.28. The molecule has 0 atom stereocenters. The van der Waals surface area contributed by atoms with E-state index in [0.717, 1.165) is 12.1 Å². The van der Waals surface area contributed by atoms with Gasteiger partial charge in [-0.25, -0.2) is 4.39 Å². The molecule has 1 aromatic carbocycles. The highest BCUT2D eigenvalue weighted by molar-refractivity contribution is 6.36. The van der Waals surface area contributed by atoms with E-state index in [2.05, 4.69) is 5.32 Å². The molecule has 0 heterocycles. The molecule has 0 aliphatic rings. The number of aliphatic hydroxyl groups is 2. The zero-order valence-corrected chi connectivity index (χ0v) is 11.7. The molecule has 0 saturated heterocycles. The molecule has 0 fully saturated rings. The second-order valence-corrected chi connectivity index (χ2v) is 4.96. The lowest BCUT2D eigenvalue weighted by atomic mass is 9.98. The van der Waals surface area contributed by atoms with Crippen LogP contribution in [-0.2, 0) is 0 Å². The molecule has 0 spiro atoms. The number of aliphatic hydroxyl groups excluding tert-OH is 2. The molecule has 1 amide bonds. The van der Waals surface area contributed by atoms with Gasteiger partial charge in [-0.1, -0.05) is 30.1 Å². The maximum absolute atomic E-state index is 13.3. The summed E-state index contributed by atoms with van der Waals surface area (Å²) in [5, 5.41) is 20.7. The summed E-state index contributed by atoms with van der Waals surface area (Å²) in [6, 6.07) is 2.04. The largest absolute Gasteiger partial charge is 0.394 e. The summed E-state index contributed by atoms with van der Waals surface area (Å²) in [6.07, 6.45) is 0.305. The minimum absolute atomic E-state index is 0.00946. The van der Waals surface area contributed by atoms with Gasteiger partial charge in [-0.3, -0.25) is 4.79 Å². The highest BCUT2D eigenvalue weighted by Crippen LogP contribution is 2.25. The fourth-order valence-electron chi connectivity index (χ4n) is 1.45. The van der Waals surface area contributed by atoms with Crippen molar-refractivity contribution in [2.75, 3.05) is 13.2 Å². The molecule has 7 heteroatoms. The Hall–Kier alpha value is -0.880. The third-order valence-corrected chi connectivity index (χ3v) is 3.52. The van der Waals surface area contributed by atoms with Crippen LogP contribution in [-0.4, -0.2) is 34.9 Å². The van der Waals surface area contributed by atoms with Gasteiger partial charge in [0.25, 0.3) is 5.91 Å². The van der Waals surface area contributed by atoms with E-state index in [1.54, 1.807) is 6.92 Å². The SMILES string of the molecule is CCC(CO)(CO)NC(=O)c1cc(F)c(Cl)cc1Cl. The number of benzene rings is 1. The number of carbonyl (C=O) groups excluding carboxylic acids is 1. The second-order valence-electron chi connectivity index (χ2n) is 4.15. The minimum Gasteiger partial charge on any atom is -0.394 e. The first-order chi connectivity index (χ1) is 8.89. The second kappa shape index (κ2) is 6.52. The van der Waals surface area contributed by atoms with Gasteiger partial charge >= 0.3 is 0 Å². The lowest BCUT2D eigenvalue weighted by Gasteiger charge is -2.29. The average molecular weight is 310 g/mol. The molecule has 4 nitrogen and oxygen atoms in total. The molecule has 0 saturated carbocycles. The molecule has 0 aliphatic carbocycles. The van der Waals surface area contributed by atoms with Crippen LogP contribution in [0.5, 0.6) is 0 Å². The van der Waals surface area contributed by atoms with Crippen molar-refractivity contribution in [1.29, 1.82) is 0 Å². The van der Waals surface area contributed by atoms with Crippen LogP contribution in [0.2, 0.25) is 10.0 Å². The normalized spacial score (nSPS) is 11.5. The van der Waals surface area contributed by atoms with Gasteiger partial charge in [-0.15, -0.1) is 0 Å². The third kappa shape index (κ3) is 3.57. The highest BCUT2D eigenvalue weighted by atomic mass is 35.5. The number of amides is 1. The fraction of sp³-hybridized carbons (Fsp3) is 0.417. The predicted octanol–water partition coefficient (Wildman–Crippen LogP) is 2.00. The summed E-state index contributed by atoms with van der Waals surface area (Å²) >= 11 is 11.4. The van der Waals surface area contributed by atoms with Crippen molar-refractivity contribution in [1.82, 2.24) is 5.32 Å². The first-order valence-electron chi connectivity index (χ1n) is 5.58. The Morgan fingerprint density at radius 3 is 2.37 bits per heavy atom. The molecule has 0 aromatic heterocycles. The van der Waals surface area contributed by atoms with Crippen molar-refractivity contribution in [2.24, 2.45) is 0 Å². The number of nitrogens with one attached hydrogen (secondary N) is 1. The Morgan fingerprint density at radius 1 is 1.32 bits per heavy atom. The van der Waals surface area contributed by atoms with E-state index in [1.807, 2.05) is 0 Å². The molecular formula is C12H14Cl2FNO3. The van der Waals surface area contributed by atoms with Crippen LogP contribution in [0.1, 0.15) is 23.7 Å². The number of halogens is 3. The Bertz CT molecular complexity index is 470. The van der Waals surface area contributed by atoms with Crippen molar-refractivity contribution in [2.45, 2.75) is 18.9 Å². The lowest BCUT2D eigenvalue weighted by Crippen LogP contribution is -2.53. The van der Waals surface area contributed by atoms with Crippen LogP contribution in [0.15, 0.2) is 12.1 Å². The van der Waals surface area contributed by atoms with E-state index in [4.69, 9.17) is 23.2 Å². The smallest absolute Gasteiger partial charge is 0.253 e. The molecule has 1 aromatic rings. The lowest BCUT2D eigenvalue weighted by molar-refractivity contribution is 0.0653. The summed E-state index contributed by atoms with van der Waals surface area (Å²) in [4.78, 5) is 12.0. The van der Waals surface area contributed by atoms with Crippen molar-refractivity contribution >= 4 is 29.1 Å². The molecular weight excluding hydrogens is 296 g/mol. The molecule has 106 valence electrons. The number of hydrogen-bond donors (Lipinski definition) is 3. The predicted molar refractivity (Wildman–Crippen MR) is 71.1 cm³/mol. The van der Waals surface area contributed by atoms with Crippen LogP contribution < -0.4 is 5.32 Å². The molecule has 0 bridgehead atoms. The van der Waals surface area contributed by atoms with Gasteiger partial charge in [-0.05, 0) is 18.6 Å².